The number of carboxylic acid groups (broad SMARTS) is 1. The van der Waals surface area contributed by atoms with Gasteiger partial charge in [-0.2, -0.15) is 11.8 Å². The summed E-state index contributed by atoms with van der Waals surface area (Å²) in [6.45, 7) is 0.359. The number of nitrogens with two attached hydrogens (primary N) is 1. The zero-order valence-corrected chi connectivity index (χ0v) is 12.3. The molecule has 0 spiro atoms. The van der Waals surface area contributed by atoms with Crippen LogP contribution in [0.25, 0.3) is 0 Å². The molecule has 1 atom stereocenters. The number of thioether (sulfide) groups is 1. The Balaban J connectivity index is 2.63. The number of benzene rings is 1. The third kappa shape index (κ3) is 5.22. The van der Waals surface area contributed by atoms with Gasteiger partial charge in [0.05, 0.1) is 6.42 Å². The van der Waals surface area contributed by atoms with Gasteiger partial charge in [-0.15, -0.1) is 0 Å². The van der Waals surface area contributed by atoms with Crippen LogP contribution in [0.3, 0.4) is 0 Å². The van der Waals surface area contributed by atoms with Gasteiger partial charge in [-0.05, 0) is 29.6 Å². The molecule has 20 heavy (non-hydrogen) atoms. The average molecular weight is 296 g/mol. The molecule has 5 nitrogen and oxygen atoms in total. The Bertz CT molecular complexity index is 465. The van der Waals surface area contributed by atoms with Gasteiger partial charge < -0.3 is 16.2 Å². The maximum Gasteiger partial charge on any atom is 0.326 e. The van der Waals surface area contributed by atoms with E-state index in [1.165, 1.54) is 0 Å². The van der Waals surface area contributed by atoms with E-state index >= 15 is 0 Å². The first-order valence-corrected chi connectivity index (χ1v) is 7.75. The van der Waals surface area contributed by atoms with Gasteiger partial charge in [-0.3, -0.25) is 4.79 Å². The maximum atomic E-state index is 11.9. The van der Waals surface area contributed by atoms with E-state index in [4.69, 9.17) is 10.8 Å². The minimum absolute atomic E-state index is 0.149. The highest BCUT2D eigenvalue weighted by Crippen LogP contribution is 2.09. The second-order valence-electron chi connectivity index (χ2n) is 4.39. The summed E-state index contributed by atoms with van der Waals surface area (Å²) in [5.41, 5.74) is 7.35. The lowest BCUT2D eigenvalue weighted by Gasteiger charge is -2.14. The summed E-state index contributed by atoms with van der Waals surface area (Å²) in [4.78, 5) is 23.0. The highest BCUT2D eigenvalue weighted by Gasteiger charge is 2.19. The van der Waals surface area contributed by atoms with E-state index in [0.29, 0.717) is 18.7 Å². The molecular formula is C14H20N2O3S. The van der Waals surface area contributed by atoms with Gasteiger partial charge in [0.25, 0.3) is 0 Å². The highest BCUT2D eigenvalue weighted by atomic mass is 32.2. The van der Waals surface area contributed by atoms with Crippen molar-refractivity contribution < 1.29 is 14.7 Å². The maximum absolute atomic E-state index is 11.9. The smallest absolute Gasteiger partial charge is 0.326 e. The Hall–Kier alpha value is -1.53. The summed E-state index contributed by atoms with van der Waals surface area (Å²) in [6.07, 6.45) is 2.47. The lowest BCUT2D eigenvalue weighted by atomic mass is 10.0. The normalized spacial score (nSPS) is 11.9. The zero-order valence-electron chi connectivity index (χ0n) is 11.5. The SMILES string of the molecule is CSCCC(NC(=O)Cc1ccccc1CN)C(=O)O. The van der Waals surface area contributed by atoms with Crippen molar-refractivity contribution in [3.63, 3.8) is 0 Å². The van der Waals surface area contributed by atoms with Crippen LogP contribution >= 0.6 is 11.8 Å². The summed E-state index contributed by atoms with van der Waals surface area (Å²) < 4.78 is 0. The van der Waals surface area contributed by atoms with Gasteiger partial charge in [0.2, 0.25) is 5.91 Å². The Morgan fingerprint density at radius 1 is 1.35 bits per heavy atom. The Kier molecular flexibility index (Phi) is 7.11. The number of aliphatic carboxylic acids is 1. The number of nitrogens with one attached hydrogen (secondary N) is 1. The summed E-state index contributed by atoms with van der Waals surface area (Å²) in [7, 11) is 0. The lowest BCUT2D eigenvalue weighted by molar-refractivity contribution is -0.141. The molecule has 1 aromatic carbocycles. The molecule has 0 saturated carbocycles. The standard InChI is InChI=1S/C14H20N2O3S/c1-20-7-6-12(14(18)19)16-13(17)8-10-4-2-3-5-11(10)9-15/h2-5,12H,6-9,15H2,1H3,(H,16,17)(H,18,19). The minimum Gasteiger partial charge on any atom is -0.480 e. The minimum atomic E-state index is -1.00. The molecule has 110 valence electrons. The molecule has 0 aliphatic rings. The first-order valence-electron chi connectivity index (χ1n) is 6.36. The molecular weight excluding hydrogens is 276 g/mol. The molecule has 0 heterocycles. The average Bonchev–Trinajstić information content (AvgIpc) is 2.43. The van der Waals surface area contributed by atoms with E-state index in [2.05, 4.69) is 5.32 Å². The van der Waals surface area contributed by atoms with Crippen LogP contribution in [-0.4, -0.2) is 35.0 Å². The predicted molar refractivity (Wildman–Crippen MR) is 80.6 cm³/mol. The van der Waals surface area contributed by atoms with Crippen molar-refractivity contribution in [2.75, 3.05) is 12.0 Å². The number of amides is 1. The summed E-state index contributed by atoms with van der Waals surface area (Å²) in [5, 5.41) is 11.6. The lowest BCUT2D eigenvalue weighted by Crippen LogP contribution is -2.42. The molecule has 0 bridgehead atoms. The molecule has 1 unspecified atom stereocenters. The Labute approximate surface area is 122 Å². The van der Waals surface area contributed by atoms with Crippen LogP contribution in [0.4, 0.5) is 0 Å². The zero-order chi connectivity index (χ0) is 15.0. The van der Waals surface area contributed by atoms with Crippen LogP contribution in [0.2, 0.25) is 0 Å². The van der Waals surface area contributed by atoms with Crippen LogP contribution < -0.4 is 11.1 Å². The topological polar surface area (TPSA) is 92.4 Å². The Morgan fingerprint density at radius 3 is 2.55 bits per heavy atom. The van der Waals surface area contributed by atoms with Crippen molar-refractivity contribution in [1.82, 2.24) is 5.32 Å². The number of hydrogen-bond donors (Lipinski definition) is 3. The summed E-state index contributed by atoms with van der Waals surface area (Å²) >= 11 is 1.55. The van der Waals surface area contributed by atoms with Crippen LogP contribution in [0.5, 0.6) is 0 Å². The first-order chi connectivity index (χ1) is 9.58. The number of carboxylic acids is 1. The van der Waals surface area contributed by atoms with E-state index < -0.39 is 12.0 Å². The molecule has 6 heteroatoms. The van der Waals surface area contributed by atoms with Gasteiger partial charge in [0.1, 0.15) is 6.04 Å². The quantitative estimate of drug-likeness (QED) is 0.666. The van der Waals surface area contributed by atoms with Crippen molar-refractivity contribution in [3.8, 4) is 0 Å². The number of carbonyl (C=O) groups is 2. The Morgan fingerprint density at radius 2 is 2.00 bits per heavy atom. The van der Waals surface area contributed by atoms with E-state index in [0.717, 1.165) is 11.1 Å². The number of rotatable bonds is 8. The van der Waals surface area contributed by atoms with E-state index in [-0.39, 0.29) is 12.3 Å². The molecule has 0 aliphatic carbocycles. The molecule has 1 rings (SSSR count). The molecule has 0 fully saturated rings. The monoisotopic (exact) mass is 296 g/mol. The van der Waals surface area contributed by atoms with Crippen molar-refractivity contribution in [3.05, 3.63) is 35.4 Å². The van der Waals surface area contributed by atoms with Gasteiger partial charge in [-0.1, -0.05) is 24.3 Å². The molecule has 0 radical (unpaired) electrons. The third-order valence-corrected chi connectivity index (χ3v) is 3.58. The van der Waals surface area contributed by atoms with Gasteiger partial charge in [0.15, 0.2) is 0 Å². The van der Waals surface area contributed by atoms with Gasteiger partial charge in [-0.25, -0.2) is 4.79 Å². The number of carbonyl (C=O) groups excluding carboxylic acids is 1. The predicted octanol–water partition coefficient (Wildman–Crippen LogP) is 1.01. The summed E-state index contributed by atoms with van der Waals surface area (Å²) in [5.74, 6) is -0.602. The number of hydrogen-bond acceptors (Lipinski definition) is 4. The highest BCUT2D eigenvalue weighted by molar-refractivity contribution is 7.98. The van der Waals surface area contributed by atoms with E-state index in [9.17, 15) is 9.59 Å². The van der Waals surface area contributed by atoms with Crippen LogP contribution in [0.15, 0.2) is 24.3 Å². The van der Waals surface area contributed by atoms with Crippen molar-refractivity contribution in [1.29, 1.82) is 0 Å². The molecule has 4 N–H and O–H groups in total. The fourth-order valence-corrected chi connectivity index (χ4v) is 2.31. The molecule has 0 saturated heterocycles. The van der Waals surface area contributed by atoms with Crippen LogP contribution in [-0.2, 0) is 22.6 Å². The second-order valence-corrected chi connectivity index (χ2v) is 5.38. The van der Waals surface area contributed by atoms with Crippen LogP contribution in [0.1, 0.15) is 17.5 Å². The molecule has 1 amide bonds. The third-order valence-electron chi connectivity index (χ3n) is 2.93. The second kappa shape index (κ2) is 8.60. The van der Waals surface area contributed by atoms with Crippen molar-refractivity contribution >= 4 is 23.6 Å². The first kappa shape index (κ1) is 16.5. The van der Waals surface area contributed by atoms with Crippen LogP contribution in [0, 0.1) is 0 Å². The summed E-state index contributed by atoms with van der Waals surface area (Å²) in [6, 6.07) is 6.57. The van der Waals surface area contributed by atoms with Crippen molar-refractivity contribution in [2.45, 2.75) is 25.4 Å². The molecule has 1 aromatic rings. The fourth-order valence-electron chi connectivity index (χ4n) is 1.84. The van der Waals surface area contributed by atoms with E-state index in [1.54, 1.807) is 11.8 Å². The fraction of sp³-hybridized carbons (Fsp3) is 0.429. The largest absolute Gasteiger partial charge is 0.480 e. The van der Waals surface area contributed by atoms with Gasteiger partial charge in [0, 0.05) is 6.54 Å². The van der Waals surface area contributed by atoms with Crippen molar-refractivity contribution in [2.24, 2.45) is 5.73 Å². The van der Waals surface area contributed by atoms with Gasteiger partial charge >= 0.3 is 5.97 Å². The van der Waals surface area contributed by atoms with E-state index in [1.807, 2.05) is 30.5 Å². The molecule has 0 aromatic heterocycles. The molecule has 0 aliphatic heterocycles.